The van der Waals surface area contributed by atoms with Gasteiger partial charge in [0.05, 0.1) is 17.8 Å². The van der Waals surface area contributed by atoms with Gasteiger partial charge in [-0.2, -0.15) is 5.10 Å². The number of nitrogens with zero attached hydrogens (tertiary/aromatic N) is 5. The second kappa shape index (κ2) is 7.56. The van der Waals surface area contributed by atoms with E-state index in [4.69, 9.17) is 0 Å². The van der Waals surface area contributed by atoms with Crippen LogP contribution in [-0.4, -0.2) is 82.1 Å². The monoisotopic (exact) mass is 347 g/mol. The van der Waals surface area contributed by atoms with Crippen molar-refractivity contribution in [3.63, 3.8) is 0 Å². The van der Waals surface area contributed by atoms with E-state index in [0.717, 1.165) is 56.0 Å². The number of hydrogen-bond donors (Lipinski definition) is 0. The second-order valence-corrected chi connectivity index (χ2v) is 7.18. The number of piperidine rings is 1. The molecule has 1 aromatic rings. The molecule has 2 aliphatic rings. The Labute approximate surface area is 149 Å². The molecule has 2 amide bonds. The van der Waals surface area contributed by atoms with Gasteiger partial charge in [-0.15, -0.1) is 0 Å². The third-order valence-corrected chi connectivity index (χ3v) is 5.45. The molecule has 1 aromatic heterocycles. The Kier molecular flexibility index (Phi) is 5.42. The second-order valence-electron chi connectivity index (χ2n) is 7.18. The van der Waals surface area contributed by atoms with Crippen molar-refractivity contribution < 1.29 is 9.59 Å². The van der Waals surface area contributed by atoms with Crippen LogP contribution in [0.5, 0.6) is 0 Å². The van der Waals surface area contributed by atoms with Crippen LogP contribution >= 0.6 is 0 Å². The lowest BCUT2D eigenvalue weighted by Gasteiger charge is -2.36. The van der Waals surface area contributed by atoms with Gasteiger partial charge in [-0.1, -0.05) is 0 Å². The van der Waals surface area contributed by atoms with E-state index < -0.39 is 0 Å². The normalized spacial score (nSPS) is 19.3. The van der Waals surface area contributed by atoms with Crippen molar-refractivity contribution in [1.29, 1.82) is 0 Å². The number of amides is 2. The maximum Gasteiger partial charge on any atom is 0.257 e. The van der Waals surface area contributed by atoms with Gasteiger partial charge >= 0.3 is 0 Å². The number of carbonyl (C=O) groups excluding carboxylic acids is 2. The molecule has 0 atom stereocenters. The molecule has 2 aliphatic heterocycles. The molecule has 0 bridgehead atoms. The molecular formula is C18H29N5O2. The highest BCUT2D eigenvalue weighted by molar-refractivity contribution is 5.96. The summed E-state index contributed by atoms with van der Waals surface area (Å²) in [4.78, 5) is 31.2. The van der Waals surface area contributed by atoms with Crippen LogP contribution in [0.3, 0.4) is 0 Å². The zero-order chi connectivity index (χ0) is 18.0. The topological polar surface area (TPSA) is 61.7 Å². The summed E-state index contributed by atoms with van der Waals surface area (Å²) in [5, 5.41) is 4.34. The van der Waals surface area contributed by atoms with Gasteiger partial charge < -0.3 is 9.80 Å². The van der Waals surface area contributed by atoms with Gasteiger partial charge in [0, 0.05) is 52.0 Å². The largest absolute Gasteiger partial charge is 0.342 e. The van der Waals surface area contributed by atoms with Gasteiger partial charge in [0.2, 0.25) is 5.91 Å². The quantitative estimate of drug-likeness (QED) is 0.812. The highest BCUT2D eigenvalue weighted by Crippen LogP contribution is 2.16. The Balaban J connectivity index is 1.53. The molecule has 2 saturated heterocycles. The van der Waals surface area contributed by atoms with Gasteiger partial charge in [0.15, 0.2) is 0 Å². The number of aromatic nitrogens is 2. The molecule has 0 aromatic carbocycles. The molecule has 0 unspecified atom stereocenters. The van der Waals surface area contributed by atoms with Crippen molar-refractivity contribution in [3.05, 3.63) is 17.0 Å². The van der Waals surface area contributed by atoms with Crippen LogP contribution in [0, 0.1) is 13.8 Å². The summed E-state index contributed by atoms with van der Waals surface area (Å²) < 4.78 is 1.76. The fraction of sp³-hybridized carbons (Fsp3) is 0.722. The SMILES string of the molecule is Cc1nn(C)c(C)c1C(=O)N1CCN(CC(=O)N2CCCCC2)CC1. The van der Waals surface area contributed by atoms with Crippen molar-refractivity contribution in [3.8, 4) is 0 Å². The average molecular weight is 347 g/mol. The Hall–Kier alpha value is -1.89. The van der Waals surface area contributed by atoms with E-state index in [2.05, 4.69) is 10.00 Å². The third-order valence-electron chi connectivity index (χ3n) is 5.45. The van der Waals surface area contributed by atoms with Crippen LogP contribution in [0.2, 0.25) is 0 Å². The van der Waals surface area contributed by atoms with E-state index in [0.29, 0.717) is 19.6 Å². The van der Waals surface area contributed by atoms with Gasteiger partial charge in [-0.25, -0.2) is 0 Å². The van der Waals surface area contributed by atoms with Crippen molar-refractivity contribution in [1.82, 2.24) is 24.5 Å². The van der Waals surface area contributed by atoms with E-state index >= 15 is 0 Å². The first kappa shape index (κ1) is 17.9. The van der Waals surface area contributed by atoms with E-state index in [1.807, 2.05) is 30.7 Å². The van der Waals surface area contributed by atoms with Crippen molar-refractivity contribution in [2.45, 2.75) is 33.1 Å². The molecule has 2 fully saturated rings. The molecule has 25 heavy (non-hydrogen) atoms. The summed E-state index contributed by atoms with van der Waals surface area (Å²) in [5.74, 6) is 0.295. The Morgan fingerprint density at radius 3 is 2.12 bits per heavy atom. The maximum absolute atomic E-state index is 12.8. The standard InChI is InChI=1S/C18H29N5O2/c1-14-17(15(2)20(3)19-14)18(25)23-11-9-21(10-12-23)13-16(24)22-7-5-4-6-8-22/h4-13H2,1-3H3. The zero-order valence-electron chi connectivity index (χ0n) is 15.6. The summed E-state index contributed by atoms with van der Waals surface area (Å²) in [6, 6.07) is 0. The highest BCUT2D eigenvalue weighted by atomic mass is 16.2. The number of carbonyl (C=O) groups is 2. The van der Waals surface area contributed by atoms with E-state index in [1.165, 1.54) is 6.42 Å². The smallest absolute Gasteiger partial charge is 0.257 e. The minimum Gasteiger partial charge on any atom is -0.342 e. The summed E-state index contributed by atoms with van der Waals surface area (Å²) in [6.45, 7) is 8.93. The Bertz CT molecular complexity index is 640. The van der Waals surface area contributed by atoms with Gasteiger partial charge in [-0.3, -0.25) is 19.2 Å². The molecule has 0 N–H and O–H groups in total. The first-order valence-electron chi connectivity index (χ1n) is 9.27. The van der Waals surface area contributed by atoms with Crippen LogP contribution in [-0.2, 0) is 11.8 Å². The first-order valence-corrected chi connectivity index (χ1v) is 9.27. The van der Waals surface area contributed by atoms with Gasteiger partial charge in [-0.05, 0) is 33.1 Å². The summed E-state index contributed by atoms with van der Waals surface area (Å²) in [6.07, 6.45) is 3.48. The molecule has 0 spiro atoms. The fourth-order valence-corrected chi connectivity index (χ4v) is 3.78. The van der Waals surface area contributed by atoms with E-state index in [1.54, 1.807) is 4.68 Å². The summed E-state index contributed by atoms with van der Waals surface area (Å²) >= 11 is 0. The molecule has 138 valence electrons. The molecule has 7 heteroatoms. The number of likely N-dealkylation sites (tertiary alicyclic amines) is 1. The van der Waals surface area contributed by atoms with Gasteiger partial charge in [0.1, 0.15) is 0 Å². The minimum atomic E-state index is 0.0603. The van der Waals surface area contributed by atoms with E-state index in [-0.39, 0.29) is 11.8 Å². The summed E-state index contributed by atoms with van der Waals surface area (Å²) in [5.41, 5.74) is 2.42. The van der Waals surface area contributed by atoms with Crippen LogP contribution < -0.4 is 0 Å². The highest BCUT2D eigenvalue weighted by Gasteiger charge is 2.28. The Morgan fingerprint density at radius 1 is 0.920 bits per heavy atom. The average Bonchev–Trinajstić information content (AvgIpc) is 2.88. The van der Waals surface area contributed by atoms with Crippen LogP contribution in [0.4, 0.5) is 0 Å². The van der Waals surface area contributed by atoms with Crippen molar-refractivity contribution >= 4 is 11.8 Å². The lowest BCUT2D eigenvalue weighted by atomic mass is 10.1. The number of aryl methyl sites for hydroxylation is 2. The van der Waals surface area contributed by atoms with Crippen molar-refractivity contribution in [2.24, 2.45) is 7.05 Å². The molecular weight excluding hydrogens is 318 g/mol. The van der Waals surface area contributed by atoms with Crippen LogP contribution in [0.15, 0.2) is 0 Å². The third kappa shape index (κ3) is 3.86. The lowest BCUT2D eigenvalue weighted by Crippen LogP contribution is -2.52. The molecule has 7 nitrogen and oxygen atoms in total. The maximum atomic E-state index is 12.8. The molecule has 0 aliphatic carbocycles. The number of hydrogen-bond acceptors (Lipinski definition) is 4. The van der Waals surface area contributed by atoms with E-state index in [9.17, 15) is 9.59 Å². The zero-order valence-corrected chi connectivity index (χ0v) is 15.6. The lowest BCUT2D eigenvalue weighted by molar-refractivity contribution is -0.133. The van der Waals surface area contributed by atoms with Crippen LogP contribution in [0.25, 0.3) is 0 Å². The fourth-order valence-electron chi connectivity index (χ4n) is 3.78. The molecule has 3 heterocycles. The molecule has 0 radical (unpaired) electrons. The molecule has 0 saturated carbocycles. The number of piperazine rings is 1. The molecule has 3 rings (SSSR count). The predicted molar refractivity (Wildman–Crippen MR) is 95.5 cm³/mol. The number of rotatable bonds is 3. The Morgan fingerprint density at radius 2 is 1.56 bits per heavy atom. The first-order chi connectivity index (χ1) is 12.0. The minimum absolute atomic E-state index is 0.0603. The summed E-state index contributed by atoms with van der Waals surface area (Å²) in [7, 11) is 1.86. The van der Waals surface area contributed by atoms with Crippen LogP contribution in [0.1, 0.15) is 41.0 Å². The van der Waals surface area contributed by atoms with Gasteiger partial charge in [0.25, 0.3) is 5.91 Å². The predicted octanol–water partition coefficient (Wildman–Crippen LogP) is 0.807. The van der Waals surface area contributed by atoms with Crippen molar-refractivity contribution in [2.75, 3.05) is 45.8 Å².